The Balaban J connectivity index is 1.77. The molecule has 10 heteroatoms. The van der Waals surface area contributed by atoms with Gasteiger partial charge in [-0.15, -0.1) is 11.8 Å². The maximum atomic E-state index is 14.6. The van der Waals surface area contributed by atoms with Crippen LogP contribution in [0.4, 0.5) is 21.7 Å². The van der Waals surface area contributed by atoms with Gasteiger partial charge in [0, 0.05) is 24.1 Å². The molecule has 0 bridgehead atoms. The number of aryl methyl sites for hydroxylation is 2. The average Bonchev–Trinajstić information content (AvgIpc) is 3.06. The number of fused-ring (bicyclic) bond motifs is 1. The van der Waals surface area contributed by atoms with Crippen LogP contribution in [0.5, 0.6) is 11.6 Å². The molecule has 3 N–H and O–H groups in total. The molecular weight excluding hydrogens is 393 g/mol. The summed E-state index contributed by atoms with van der Waals surface area (Å²) in [7, 11) is 1.82. The molecule has 0 aliphatic carbocycles. The normalized spacial score (nSPS) is 11.0. The lowest BCUT2D eigenvalue weighted by Gasteiger charge is -2.13. The van der Waals surface area contributed by atoms with Crippen molar-refractivity contribution in [2.45, 2.75) is 11.8 Å². The molecule has 4 aromatic rings. The van der Waals surface area contributed by atoms with Crippen LogP contribution < -0.4 is 15.8 Å². The Labute approximate surface area is 170 Å². The van der Waals surface area contributed by atoms with Crippen LogP contribution >= 0.6 is 11.8 Å². The van der Waals surface area contributed by atoms with Gasteiger partial charge < -0.3 is 20.4 Å². The van der Waals surface area contributed by atoms with Crippen LogP contribution in [0.2, 0.25) is 0 Å². The average molecular weight is 411 g/mol. The number of nitrogens with one attached hydrogen (secondary N) is 1. The van der Waals surface area contributed by atoms with Crippen molar-refractivity contribution in [1.29, 1.82) is 0 Å². The van der Waals surface area contributed by atoms with Gasteiger partial charge in [0.2, 0.25) is 5.88 Å². The number of thioether (sulfide) groups is 1. The van der Waals surface area contributed by atoms with Crippen molar-refractivity contribution >= 4 is 40.2 Å². The lowest BCUT2D eigenvalue weighted by Crippen LogP contribution is -2.01. The quantitative estimate of drug-likeness (QED) is 0.474. The van der Waals surface area contributed by atoms with Gasteiger partial charge in [0.05, 0.1) is 12.0 Å². The van der Waals surface area contributed by atoms with E-state index in [0.717, 1.165) is 4.90 Å². The van der Waals surface area contributed by atoms with Gasteiger partial charge in [-0.3, -0.25) is 0 Å². The number of rotatable bonds is 5. The van der Waals surface area contributed by atoms with Gasteiger partial charge in [0.15, 0.2) is 17.2 Å². The molecule has 0 radical (unpaired) electrons. The van der Waals surface area contributed by atoms with Gasteiger partial charge in [0.25, 0.3) is 0 Å². The van der Waals surface area contributed by atoms with Crippen LogP contribution in [0.25, 0.3) is 11.2 Å². The van der Waals surface area contributed by atoms with E-state index in [1.54, 1.807) is 30.0 Å². The second-order valence-electron chi connectivity index (χ2n) is 6.35. The van der Waals surface area contributed by atoms with E-state index in [2.05, 4.69) is 25.3 Å². The molecule has 0 amide bonds. The zero-order chi connectivity index (χ0) is 20.5. The van der Waals surface area contributed by atoms with Crippen LogP contribution in [-0.2, 0) is 7.05 Å². The number of hydrogen-bond donors (Lipinski definition) is 2. The van der Waals surface area contributed by atoms with Crippen molar-refractivity contribution in [3.8, 4) is 11.6 Å². The topological polar surface area (TPSA) is 104 Å². The number of hydrogen-bond acceptors (Lipinski definition) is 8. The third-order valence-corrected chi connectivity index (χ3v) is 4.95. The van der Waals surface area contributed by atoms with Gasteiger partial charge in [-0.05, 0) is 30.9 Å². The van der Waals surface area contributed by atoms with E-state index < -0.39 is 5.82 Å². The fourth-order valence-electron chi connectivity index (χ4n) is 2.85. The summed E-state index contributed by atoms with van der Waals surface area (Å²) in [4.78, 5) is 17.7. The minimum absolute atomic E-state index is 0.133. The first-order chi connectivity index (χ1) is 13.9. The smallest absolute Gasteiger partial charge is 0.223 e. The standard InChI is InChI=1S/C19H18FN7OS/c1-10-4-11(29-3)5-12(20)18(10)28-16-6-13(17-19(26-16)27(2)9-24-17)25-15-7-14(21)22-8-23-15/h4-9H,1-3H3,(H3,21,22,23,25,26). The van der Waals surface area contributed by atoms with Crippen LogP contribution in [-0.4, -0.2) is 30.8 Å². The number of halogens is 1. The molecule has 4 rings (SSSR count). The number of benzene rings is 1. The van der Waals surface area contributed by atoms with E-state index in [9.17, 15) is 4.39 Å². The Bertz CT molecular complexity index is 1190. The second-order valence-corrected chi connectivity index (χ2v) is 7.23. The number of nitrogen functional groups attached to an aromatic ring is 1. The predicted molar refractivity (Wildman–Crippen MR) is 111 cm³/mol. The Morgan fingerprint density at radius 1 is 1.17 bits per heavy atom. The van der Waals surface area contributed by atoms with E-state index in [0.29, 0.717) is 34.1 Å². The molecule has 148 valence electrons. The van der Waals surface area contributed by atoms with E-state index in [1.807, 2.05) is 19.4 Å². The molecule has 0 saturated heterocycles. The van der Waals surface area contributed by atoms with Gasteiger partial charge in [-0.2, -0.15) is 4.98 Å². The van der Waals surface area contributed by atoms with E-state index in [1.165, 1.54) is 24.2 Å². The summed E-state index contributed by atoms with van der Waals surface area (Å²) in [5.74, 6) is 0.739. The Morgan fingerprint density at radius 2 is 2.00 bits per heavy atom. The van der Waals surface area contributed by atoms with Gasteiger partial charge in [0.1, 0.15) is 23.5 Å². The lowest BCUT2D eigenvalue weighted by atomic mass is 10.2. The number of pyridine rings is 1. The summed E-state index contributed by atoms with van der Waals surface area (Å²) < 4.78 is 22.2. The molecule has 3 aromatic heterocycles. The van der Waals surface area contributed by atoms with Crippen molar-refractivity contribution in [2.75, 3.05) is 17.3 Å². The number of nitrogens with zero attached hydrogens (tertiary/aromatic N) is 5. The SMILES string of the molecule is CSc1cc(C)c(Oc2cc(Nc3cc(N)ncn3)c3ncn(C)c3n2)c(F)c1. The molecule has 0 aliphatic rings. The van der Waals surface area contributed by atoms with Gasteiger partial charge in [-0.1, -0.05) is 0 Å². The maximum Gasteiger partial charge on any atom is 0.223 e. The number of nitrogens with two attached hydrogens (primary N) is 1. The van der Waals surface area contributed by atoms with Crippen LogP contribution in [0.15, 0.2) is 41.8 Å². The molecule has 0 fully saturated rings. The molecule has 0 aliphatic heterocycles. The zero-order valence-corrected chi connectivity index (χ0v) is 16.8. The molecule has 1 aromatic carbocycles. The first-order valence-corrected chi connectivity index (χ1v) is 9.85. The largest absolute Gasteiger partial charge is 0.436 e. The van der Waals surface area contributed by atoms with Gasteiger partial charge >= 0.3 is 0 Å². The summed E-state index contributed by atoms with van der Waals surface area (Å²) in [6, 6.07) is 6.56. The van der Waals surface area contributed by atoms with Gasteiger partial charge in [-0.25, -0.2) is 19.3 Å². The maximum absolute atomic E-state index is 14.6. The Hall–Kier alpha value is -3.40. The van der Waals surface area contributed by atoms with Crippen molar-refractivity contribution in [3.63, 3.8) is 0 Å². The molecule has 8 nitrogen and oxygen atoms in total. The number of anilines is 3. The summed E-state index contributed by atoms with van der Waals surface area (Å²) in [5.41, 5.74) is 8.20. The lowest BCUT2D eigenvalue weighted by molar-refractivity contribution is 0.424. The van der Waals surface area contributed by atoms with Crippen molar-refractivity contribution in [2.24, 2.45) is 7.05 Å². The summed E-state index contributed by atoms with van der Waals surface area (Å²) in [5, 5.41) is 3.15. The molecule has 0 spiro atoms. The predicted octanol–water partition coefficient (Wildman–Crippen LogP) is 4.05. The minimum Gasteiger partial charge on any atom is -0.436 e. The minimum atomic E-state index is -0.445. The van der Waals surface area contributed by atoms with E-state index in [-0.39, 0.29) is 11.6 Å². The highest BCUT2D eigenvalue weighted by Gasteiger charge is 2.16. The molecule has 0 unspecified atom stereocenters. The highest BCUT2D eigenvalue weighted by atomic mass is 32.2. The summed E-state index contributed by atoms with van der Waals surface area (Å²) in [6.45, 7) is 1.80. The first-order valence-electron chi connectivity index (χ1n) is 8.63. The van der Waals surface area contributed by atoms with E-state index in [4.69, 9.17) is 10.5 Å². The van der Waals surface area contributed by atoms with Crippen molar-refractivity contribution in [3.05, 3.63) is 48.3 Å². The number of imidazole rings is 1. The fourth-order valence-corrected chi connectivity index (χ4v) is 3.37. The Morgan fingerprint density at radius 3 is 2.72 bits per heavy atom. The fraction of sp³-hybridized carbons (Fsp3) is 0.158. The van der Waals surface area contributed by atoms with Crippen molar-refractivity contribution in [1.82, 2.24) is 24.5 Å². The monoisotopic (exact) mass is 411 g/mol. The van der Waals surface area contributed by atoms with Crippen LogP contribution in [0, 0.1) is 12.7 Å². The highest BCUT2D eigenvalue weighted by Crippen LogP contribution is 2.34. The van der Waals surface area contributed by atoms with Crippen LogP contribution in [0.3, 0.4) is 0 Å². The third kappa shape index (κ3) is 3.79. The first kappa shape index (κ1) is 18.9. The zero-order valence-electron chi connectivity index (χ0n) is 16.0. The molecule has 0 saturated carbocycles. The molecule has 29 heavy (non-hydrogen) atoms. The molecular formula is C19H18FN7OS. The summed E-state index contributed by atoms with van der Waals surface area (Å²) in [6.07, 6.45) is 4.89. The second kappa shape index (κ2) is 7.55. The molecule has 0 atom stereocenters. The van der Waals surface area contributed by atoms with Crippen LogP contribution in [0.1, 0.15) is 5.56 Å². The Kier molecular flexibility index (Phi) is 4.93. The third-order valence-electron chi connectivity index (χ3n) is 4.24. The number of aromatic nitrogens is 5. The van der Waals surface area contributed by atoms with Crippen molar-refractivity contribution < 1.29 is 9.13 Å². The van der Waals surface area contributed by atoms with E-state index >= 15 is 0 Å². The number of ether oxygens (including phenoxy) is 1. The molecule has 3 heterocycles. The highest BCUT2D eigenvalue weighted by molar-refractivity contribution is 7.98. The summed E-state index contributed by atoms with van der Waals surface area (Å²) >= 11 is 1.47.